The maximum Gasteiger partial charge on any atom is 0.162 e. The number of hydrogen-bond donors (Lipinski definition) is 0. The summed E-state index contributed by atoms with van der Waals surface area (Å²) in [5.74, 6) is -0.0185. The molecule has 0 aliphatic rings. The average molecular weight is 249 g/mol. The van der Waals surface area contributed by atoms with E-state index in [9.17, 15) is 4.79 Å². The molecular formula is C13H13ClN2O. The Morgan fingerprint density at radius 2 is 2.00 bits per heavy atom. The molecule has 17 heavy (non-hydrogen) atoms. The molecule has 0 aliphatic heterocycles. The van der Waals surface area contributed by atoms with Crippen molar-refractivity contribution in [3.8, 4) is 5.69 Å². The van der Waals surface area contributed by atoms with E-state index in [2.05, 4.69) is 5.10 Å². The molecule has 0 atom stereocenters. The predicted octanol–water partition coefficient (Wildman–Crippen LogP) is 3.35. The summed E-state index contributed by atoms with van der Waals surface area (Å²) in [6, 6.07) is 7.23. The highest BCUT2D eigenvalue weighted by molar-refractivity contribution is 6.31. The van der Waals surface area contributed by atoms with Crippen LogP contribution in [-0.4, -0.2) is 15.6 Å². The first-order valence-corrected chi connectivity index (χ1v) is 5.71. The Kier molecular flexibility index (Phi) is 3.03. The fourth-order valence-corrected chi connectivity index (χ4v) is 2.02. The molecule has 0 radical (unpaired) electrons. The van der Waals surface area contributed by atoms with Crippen LogP contribution in [0.3, 0.4) is 0 Å². The van der Waals surface area contributed by atoms with Crippen LogP contribution in [0.15, 0.2) is 24.3 Å². The van der Waals surface area contributed by atoms with Gasteiger partial charge in [0.25, 0.3) is 0 Å². The summed E-state index contributed by atoms with van der Waals surface area (Å²) in [7, 11) is 0. The molecule has 1 heterocycles. The van der Waals surface area contributed by atoms with Gasteiger partial charge in [0.05, 0.1) is 11.4 Å². The van der Waals surface area contributed by atoms with Gasteiger partial charge in [-0.2, -0.15) is 5.10 Å². The Morgan fingerprint density at radius 3 is 2.53 bits per heavy atom. The zero-order valence-corrected chi connectivity index (χ0v) is 10.7. The van der Waals surface area contributed by atoms with E-state index >= 15 is 0 Å². The number of aromatic nitrogens is 2. The van der Waals surface area contributed by atoms with E-state index < -0.39 is 0 Å². The molecule has 0 saturated heterocycles. The van der Waals surface area contributed by atoms with Gasteiger partial charge in [0.15, 0.2) is 5.78 Å². The Bertz CT molecular complexity index is 587. The summed E-state index contributed by atoms with van der Waals surface area (Å²) in [5.41, 5.74) is 3.27. The van der Waals surface area contributed by atoms with Crippen LogP contribution >= 0.6 is 11.6 Å². The molecule has 2 rings (SSSR count). The monoisotopic (exact) mass is 248 g/mol. The highest BCUT2D eigenvalue weighted by Gasteiger charge is 2.12. The first-order chi connectivity index (χ1) is 7.99. The van der Waals surface area contributed by atoms with Crippen molar-refractivity contribution in [2.24, 2.45) is 0 Å². The largest absolute Gasteiger partial charge is 0.294 e. The van der Waals surface area contributed by atoms with Gasteiger partial charge in [0.2, 0.25) is 0 Å². The minimum Gasteiger partial charge on any atom is -0.294 e. The van der Waals surface area contributed by atoms with E-state index in [1.807, 2.05) is 26.0 Å². The molecule has 1 aromatic heterocycles. The van der Waals surface area contributed by atoms with Crippen LogP contribution in [0.25, 0.3) is 5.69 Å². The van der Waals surface area contributed by atoms with E-state index in [1.54, 1.807) is 16.8 Å². The third-order valence-electron chi connectivity index (χ3n) is 2.58. The molecule has 3 nitrogen and oxygen atoms in total. The molecule has 1 aromatic carbocycles. The molecule has 0 amide bonds. The number of carbonyl (C=O) groups is 1. The molecule has 88 valence electrons. The second-order valence-corrected chi connectivity index (χ2v) is 4.49. The van der Waals surface area contributed by atoms with Crippen molar-refractivity contribution >= 4 is 17.4 Å². The van der Waals surface area contributed by atoms with Crippen molar-refractivity contribution < 1.29 is 4.79 Å². The molecule has 0 bridgehead atoms. The van der Waals surface area contributed by atoms with Gasteiger partial charge in [-0.1, -0.05) is 11.6 Å². The van der Waals surface area contributed by atoms with Crippen LogP contribution < -0.4 is 0 Å². The number of rotatable bonds is 2. The summed E-state index contributed by atoms with van der Waals surface area (Å²) in [4.78, 5) is 11.6. The smallest absolute Gasteiger partial charge is 0.162 e. The number of aryl methyl sites for hydroxylation is 2. The molecule has 2 aromatic rings. The zero-order valence-electron chi connectivity index (χ0n) is 9.99. The molecule has 0 aliphatic carbocycles. The van der Waals surface area contributed by atoms with Crippen molar-refractivity contribution in [2.75, 3.05) is 0 Å². The molecule has 0 saturated carbocycles. The van der Waals surface area contributed by atoms with Crippen molar-refractivity contribution in [2.45, 2.75) is 20.8 Å². The van der Waals surface area contributed by atoms with E-state index in [1.165, 1.54) is 6.92 Å². The van der Waals surface area contributed by atoms with Gasteiger partial charge in [0.1, 0.15) is 0 Å². The lowest BCUT2D eigenvalue weighted by Gasteiger charge is -2.09. The molecule has 0 N–H and O–H groups in total. The standard InChI is InChI=1S/C13H13ClN2O/c1-8-6-9(2)16(15-8)13-5-4-11(14)7-12(13)10(3)17/h4-7H,1-3H3. The number of Topliss-reactive ketones (excluding diaryl/α,β-unsaturated/α-hetero) is 1. The van der Waals surface area contributed by atoms with Gasteiger partial charge in [0, 0.05) is 16.3 Å². The SMILES string of the molecule is CC(=O)c1cc(Cl)ccc1-n1nc(C)cc1C. The summed E-state index contributed by atoms with van der Waals surface area (Å²) < 4.78 is 1.77. The lowest BCUT2D eigenvalue weighted by atomic mass is 10.1. The fraction of sp³-hybridized carbons (Fsp3) is 0.231. The summed E-state index contributed by atoms with van der Waals surface area (Å²) in [5, 5.41) is 4.93. The average Bonchev–Trinajstić information content (AvgIpc) is 2.57. The lowest BCUT2D eigenvalue weighted by Crippen LogP contribution is -2.06. The minimum atomic E-state index is -0.0185. The van der Waals surface area contributed by atoms with Crippen molar-refractivity contribution in [3.05, 3.63) is 46.2 Å². The first-order valence-electron chi connectivity index (χ1n) is 5.33. The maximum absolute atomic E-state index is 11.6. The van der Waals surface area contributed by atoms with Crippen molar-refractivity contribution in [1.29, 1.82) is 0 Å². The van der Waals surface area contributed by atoms with Gasteiger partial charge in [-0.15, -0.1) is 0 Å². The summed E-state index contributed by atoms with van der Waals surface area (Å²) in [6.45, 7) is 5.41. The van der Waals surface area contributed by atoms with Gasteiger partial charge in [-0.05, 0) is 45.0 Å². The Hall–Kier alpha value is -1.61. The second-order valence-electron chi connectivity index (χ2n) is 4.06. The van der Waals surface area contributed by atoms with E-state index in [0.29, 0.717) is 10.6 Å². The van der Waals surface area contributed by atoms with Gasteiger partial charge < -0.3 is 0 Å². The van der Waals surface area contributed by atoms with Crippen molar-refractivity contribution in [3.63, 3.8) is 0 Å². The van der Waals surface area contributed by atoms with Crippen LogP contribution in [0.1, 0.15) is 28.7 Å². The van der Waals surface area contributed by atoms with Gasteiger partial charge in [-0.3, -0.25) is 4.79 Å². The van der Waals surface area contributed by atoms with Gasteiger partial charge in [-0.25, -0.2) is 4.68 Å². The van der Waals surface area contributed by atoms with Crippen LogP contribution in [0.4, 0.5) is 0 Å². The van der Waals surface area contributed by atoms with E-state index in [0.717, 1.165) is 17.1 Å². The number of ketones is 1. The van der Waals surface area contributed by atoms with Crippen molar-refractivity contribution in [1.82, 2.24) is 9.78 Å². The van der Waals surface area contributed by atoms with E-state index in [4.69, 9.17) is 11.6 Å². The number of benzene rings is 1. The topological polar surface area (TPSA) is 34.9 Å². The molecule has 0 fully saturated rings. The molecule has 4 heteroatoms. The number of halogens is 1. The van der Waals surface area contributed by atoms with Gasteiger partial charge >= 0.3 is 0 Å². The Labute approximate surface area is 105 Å². The van der Waals surface area contributed by atoms with Crippen LogP contribution in [0.5, 0.6) is 0 Å². The van der Waals surface area contributed by atoms with Crippen LogP contribution in [0, 0.1) is 13.8 Å². The highest BCUT2D eigenvalue weighted by atomic mass is 35.5. The summed E-state index contributed by atoms with van der Waals surface area (Å²) in [6.07, 6.45) is 0. The molecule has 0 spiro atoms. The fourth-order valence-electron chi connectivity index (χ4n) is 1.85. The first kappa shape index (κ1) is 11.9. The third kappa shape index (κ3) is 2.24. The third-order valence-corrected chi connectivity index (χ3v) is 2.81. The molecular weight excluding hydrogens is 236 g/mol. The Morgan fingerprint density at radius 1 is 1.29 bits per heavy atom. The molecule has 0 unspecified atom stereocenters. The predicted molar refractivity (Wildman–Crippen MR) is 68.1 cm³/mol. The minimum absolute atomic E-state index is 0.0185. The lowest BCUT2D eigenvalue weighted by molar-refractivity contribution is 0.101. The quantitative estimate of drug-likeness (QED) is 0.764. The van der Waals surface area contributed by atoms with E-state index in [-0.39, 0.29) is 5.78 Å². The summed E-state index contributed by atoms with van der Waals surface area (Å²) >= 11 is 5.91. The normalized spacial score (nSPS) is 10.6. The highest BCUT2D eigenvalue weighted by Crippen LogP contribution is 2.21. The van der Waals surface area contributed by atoms with Crippen LogP contribution in [-0.2, 0) is 0 Å². The van der Waals surface area contributed by atoms with Crippen LogP contribution in [0.2, 0.25) is 5.02 Å². The maximum atomic E-state index is 11.6. The number of carbonyl (C=O) groups excluding carboxylic acids is 1. The Balaban J connectivity index is 2.67. The second kappa shape index (κ2) is 4.34. The number of nitrogens with zero attached hydrogens (tertiary/aromatic N) is 2. The number of hydrogen-bond acceptors (Lipinski definition) is 2. The zero-order chi connectivity index (χ0) is 12.6.